The first-order valence-corrected chi connectivity index (χ1v) is 5.51. The van der Waals surface area contributed by atoms with Crippen molar-refractivity contribution >= 4 is 11.6 Å². The summed E-state index contributed by atoms with van der Waals surface area (Å²) < 4.78 is 13.2. The number of hydrogen-bond acceptors (Lipinski definition) is 2. The molecule has 88 valence electrons. The van der Waals surface area contributed by atoms with Crippen LogP contribution in [0, 0.1) is 17.7 Å². The second-order valence-corrected chi connectivity index (χ2v) is 3.82. The number of nitrogens with zero attached hydrogens (tertiary/aromatic N) is 1. The number of anilines is 1. The molecule has 1 aliphatic rings. The third-order valence-corrected chi connectivity index (χ3v) is 2.65. The van der Waals surface area contributed by atoms with Crippen molar-refractivity contribution in [3.63, 3.8) is 0 Å². The smallest absolute Gasteiger partial charge is 0.227 e. The molecule has 2 rings (SSSR count). The van der Waals surface area contributed by atoms with E-state index in [1.807, 2.05) is 0 Å². The summed E-state index contributed by atoms with van der Waals surface area (Å²) >= 11 is 0. The molecule has 2 N–H and O–H groups in total. The fourth-order valence-electron chi connectivity index (χ4n) is 1.89. The Kier molecular flexibility index (Phi) is 3.40. The van der Waals surface area contributed by atoms with Gasteiger partial charge in [-0.15, -0.1) is 0 Å². The van der Waals surface area contributed by atoms with Crippen LogP contribution in [0.3, 0.4) is 0 Å². The van der Waals surface area contributed by atoms with Crippen LogP contribution in [0.1, 0.15) is 18.4 Å². The normalized spacial score (nSPS) is 14.7. The van der Waals surface area contributed by atoms with Gasteiger partial charge in [-0.25, -0.2) is 4.39 Å². The second kappa shape index (κ2) is 4.98. The lowest BCUT2D eigenvalue weighted by molar-refractivity contribution is -0.117. The van der Waals surface area contributed by atoms with Crippen molar-refractivity contribution in [2.75, 3.05) is 18.0 Å². The average molecular weight is 232 g/mol. The van der Waals surface area contributed by atoms with Gasteiger partial charge in [0.1, 0.15) is 5.82 Å². The van der Waals surface area contributed by atoms with Crippen molar-refractivity contribution in [2.45, 2.75) is 12.8 Å². The van der Waals surface area contributed by atoms with Crippen molar-refractivity contribution in [3.8, 4) is 11.8 Å². The zero-order valence-electron chi connectivity index (χ0n) is 9.37. The number of carbonyl (C=O) groups excluding carboxylic acids is 1. The van der Waals surface area contributed by atoms with Gasteiger partial charge >= 0.3 is 0 Å². The molecule has 0 atom stereocenters. The zero-order chi connectivity index (χ0) is 12.3. The van der Waals surface area contributed by atoms with Gasteiger partial charge in [-0.05, 0) is 24.6 Å². The molecule has 1 saturated heterocycles. The Bertz CT molecular complexity index is 502. The van der Waals surface area contributed by atoms with Gasteiger partial charge in [-0.2, -0.15) is 0 Å². The Morgan fingerprint density at radius 1 is 1.47 bits per heavy atom. The molecule has 17 heavy (non-hydrogen) atoms. The van der Waals surface area contributed by atoms with Crippen LogP contribution in [0.4, 0.5) is 10.1 Å². The van der Waals surface area contributed by atoms with E-state index in [4.69, 9.17) is 5.73 Å². The molecule has 1 aromatic rings. The summed E-state index contributed by atoms with van der Waals surface area (Å²) in [6, 6.07) is 4.28. The molecule has 0 spiro atoms. The fourth-order valence-corrected chi connectivity index (χ4v) is 1.89. The van der Waals surface area contributed by atoms with Crippen LogP contribution in [0.15, 0.2) is 18.2 Å². The predicted molar refractivity (Wildman–Crippen MR) is 63.9 cm³/mol. The van der Waals surface area contributed by atoms with Crippen molar-refractivity contribution in [1.29, 1.82) is 0 Å². The lowest BCUT2D eigenvalue weighted by Gasteiger charge is -2.17. The molecule has 0 unspecified atom stereocenters. The van der Waals surface area contributed by atoms with Crippen molar-refractivity contribution in [3.05, 3.63) is 29.6 Å². The maximum atomic E-state index is 13.2. The van der Waals surface area contributed by atoms with Crippen LogP contribution in [0.5, 0.6) is 0 Å². The summed E-state index contributed by atoms with van der Waals surface area (Å²) in [5.74, 6) is 5.19. The highest BCUT2D eigenvalue weighted by Gasteiger charge is 2.23. The molecule has 1 amide bonds. The molecular formula is C13H13FN2O. The minimum atomic E-state index is -0.360. The zero-order valence-corrected chi connectivity index (χ0v) is 9.37. The van der Waals surface area contributed by atoms with Crippen molar-refractivity contribution < 1.29 is 9.18 Å². The van der Waals surface area contributed by atoms with Gasteiger partial charge in [-0.1, -0.05) is 11.8 Å². The van der Waals surface area contributed by atoms with E-state index in [2.05, 4.69) is 11.8 Å². The maximum Gasteiger partial charge on any atom is 0.227 e. The van der Waals surface area contributed by atoms with E-state index < -0.39 is 0 Å². The third-order valence-electron chi connectivity index (χ3n) is 2.65. The van der Waals surface area contributed by atoms with E-state index in [1.165, 1.54) is 12.1 Å². The van der Waals surface area contributed by atoms with Crippen molar-refractivity contribution in [2.24, 2.45) is 5.73 Å². The summed E-state index contributed by atoms with van der Waals surface area (Å²) in [6.45, 7) is 0.881. The van der Waals surface area contributed by atoms with E-state index in [1.54, 1.807) is 11.0 Å². The molecule has 0 saturated carbocycles. The van der Waals surface area contributed by atoms with Gasteiger partial charge < -0.3 is 10.6 Å². The van der Waals surface area contributed by atoms with Gasteiger partial charge in [0, 0.05) is 13.0 Å². The summed E-state index contributed by atoms with van der Waals surface area (Å²) in [4.78, 5) is 13.3. The Morgan fingerprint density at radius 2 is 2.29 bits per heavy atom. The number of amides is 1. The first kappa shape index (κ1) is 11.6. The number of nitrogens with two attached hydrogens (primary N) is 1. The molecule has 0 aromatic heterocycles. The molecule has 1 heterocycles. The molecule has 1 aromatic carbocycles. The van der Waals surface area contributed by atoms with Crippen LogP contribution >= 0.6 is 0 Å². The third kappa shape index (κ3) is 2.45. The van der Waals surface area contributed by atoms with Crippen LogP contribution in [0.2, 0.25) is 0 Å². The number of halogens is 1. The standard InChI is InChI=1S/C13H13FN2O/c14-11-5-6-12(10(9-11)3-1-7-15)16-8-2-4-13(16)17/h5-6,9H,2,4,7-8,15H2. The number of rotatable bonds is 1. The van der Waals surface area contributed by atoms with Crippen molar-refractivity contribution in [1.82, 2.24) is 0 Å². The largest absolute Gasteiger partial charge is 0.320 e. The first-order chi connectivity index (χ1) is 8.22. The summed E-state index contributed by atoms with van der Waals surface area (Å²) in [5.41, 5.74) is 6.49. The molecule has 0 bridgehead atoms. The monoisotopic (exact) mass is 232 g/mol. The Balaban J connectivity index is 2.41. The lowest BCUT2D eigenvalue weighted by Crippen LogP contribution is -2.24. The Labute approximate surface area is 99.4 Å². The van der Waals surface area contributed by atoms with Crippen LogP contribution in [-0.2, 0) is 4.79 Å². The molecule has 3 nitrogen and oxygen atoms in total. The number of hydrogen-bond donors (Lipinski definition) is 1. The van der Waals surface area contributed by atoms with Gasteiger partial charge in [0.25, 0.3) is 0 Å². The maximum absolute atomic E-state index is 13.2. The van der Waals surface area contributed by atoms with E-state index in [-0.39, 0.29) is 18.3 Å². The van der Waals surface area contributed by atoms with Crippen LogP contribution < -0.4 is 10.6 Å². The molecule has 0 aliphatic carbocycles. The van der Waals surface area contributed by atoms with E-state index in [0.29, 0.717) is 24.2 Å². The SMILES string of the molecule is NCC#Cc1cc(F)ccc1N1CCCC1=O. The number of carbonyl (C=O) groups is 1. The van der Waals surface area contributed by atoms with Crippen LogP contribution in [-0.4, -0.2) is 19.0 Å². The highest BCUT2D eigenvalue weighted by molar-refractivity contribution is 5.96. The highest BCUT2D eigenvalue weighted by Crippen LogP contribution is 2.25. The van der Waals surface area contributed by atoms with E-state index in [0.717, 1.165) is 6.42 Å². The Morgan fingerprint density at radius 3 is 2.94 bits per heavy atom. The van der Waals surface area contributed by atoms with E-state index >= 15 is 0 Å². The lowest BCUT2D eigenvalue weighted by atomic mass is 10.1. The first-order valence-electron chi connectivity index (χ1n) is 5.51. The molecular weight excluding hydrogens is 219 g/mol. The van der Waals surface area contributed by atoms with Gasteiger partial charge in [0.05, 0.1) is 17.8 Å². The topological polar surface area (TPSA) is 46.3 Å². The quantitative estimate of drug-likeness (QED) is 0.741. The van der Waals surface area contributed by atoms with Crippen LogP contribution in [0.25, 0.3) is 0 Å². The minimum Gasteiger partial charge on any atom is -0.320 e. The van der Waals surface area contributed by atoms with Gasteiger partial charge in [0.2, 0.25) is 5.91 Å². The summed E-state index contributed by atoms with van der Waals surface area (Å²) in [7, 11) is 0. The van der Waals surface area contributed by atoms with E-state index in [9.17, 15) is 9.18 Å². The minimum absolute atomic E-state index is 0.0624. The molecule has 0 radical (unpaired) electrons. The average Bonchev–Trinajstić information content (AvgIpc) is 2.73. The fraction of sp³-hybridized carbons (Fsp3) is 0.308. The Hall–Kier alpha value is -1.86. The highest BCUT2D eigenvalue weighted by atomic mass is 19.1. The summed E-state index contributed by atoms with van der Waals surface area (Å²) in [6.07, 6.45) is 1.38. The van der Waals surface area contributed by atoms with Gasteiger partial charge in [-0.3, -0.25) is 4.79 Å². The predicted octanol–water partition coefficient (Wildman–Crippen LogP) is 1.26. The molecule has 4 heteroatoms. The summed E-state index contributed by atoms with van der Waals surface area (Å²) in [5, 5.41) is 0. The number of benzene rings is 1. The second-order valence-electron chi connectivity index (χ2n) is 3.82. The molecule has 1 fully saturated rings. The van der Waals surface area contributed by atoms with Gasteiger partial charge in [0.15, 0.2) is 0 Å². The molecule has 1 aliphatic heterocycles.